The van der Waals surface area contributed by atoms with Crippen LogP contribution in [0.3, 0.4) is 0 Å². The molecule has 8 heteroatoms. The predicted molar refractivity (Wildman–Crippen MR) is 113 cm³/mol. The Hall–Kier alpha value is -2.90. The molecule has 0 spiro atoms. The number of methoxy groups -OCH3 is 1. The summed E-state index contributed by atoms with van der Waals surface area (Å²) in [4.78, 5) is 21.4. The first kappa shape index (κ1) is 21.3. The fourth-order valence-electron chi connectivity index (χ4n) is 3.68. The standard InChI is InChI=1S/C23H28FN3O4/c1-15(11-20(28)29-2)17-5-7-18(8-6-17)31-19-9-10-27(12-19)22-21(24)23(26-14-25-22)30-13-16-3-4-16/h5-8,14-16,19H,3-4,9-13H2,1-2H3/t15-,19?/m1/s1. The summed E-state index contributed by atoms with van der Waals surface area (Å²) in [5.74, 6) is 0.900. The molecule has 1 aromatic carbocycles. The molecule has 1 saturated carbocycles. The van der Waals surface area contributed by atoms with Crippen molar-refractivity contribution in [3.63, 3.8) is 0 Å². The number of hydrogen-bond donors (Lipinski definition) is 0. The van der Waals surface area contributed by atoms with Crippen LogP contribution in [0.2, 0.25) is 0 Å². The van der Waals surface area contributed by atoms with Crippen molar-refractivity contribution in [3.8, 4) is 11.6 Å². The molecule has 2 atom stereocenters. The lowest BCUT2D eigenvalue weighted by Gasteiger charge is -2.19. The highest BCUT2D eigenvalue weighted by Gasteiger charge is 2.29. The lowest BCUT2D eigenvalue weighted by molar-refractivity contribution is -0.140. The molecule has 31 heavy (non-hydrogen) atoms. The second kappa shape index (κ2) is 9.49. The Labute approximate surface area is 181 Å². The molecule has 2 heterocycles. The molecule has 166 valence electrons. The quantitative estimate of drug-likeness (QED) is 0.563. The van der Waals surface area contributed by atoms with Gasteiger partial charge in [-0.2, -0.15) is 9.37 Å². The Kier molecular flexibility index (Phi) is 6.53. The maximum Gasteiger partial charge on any atom is 0.306 e. The van der Waals surface area contributed by atoms with Crippen LogP contribution in [-0.2, 0) is 9.53 Å². The number of rotatable bonds is 9. The summed E-state index contributed by atoms with van der Waals surface area (Å²) in [6.07, 6.45) is 4.66. The minimum atomic E-state index is -0.507. The average molecular weight is 429 g/mol. The normalized spacial score (nSPS) is 19.2. The van der Waals surface area contributed by atoms with Gasteiger partial charge in [-0.15, -0.1) is 0 Å². The van der Waals surface area contributed by atoms with Gasteiger partial charge in [0.05, 0.1) is 26.7 Å². The SMILES string of the molecule is COC(=O)C[C@@H](C)c1ccc(OC2CCN(c3ncnc(OCC4CC4)c3F)C2)cc1. The number of carbonyl (C=O) groups is 1. The van der Waals surface area contributed by atoms with E-state index in [4.69, 9.17) is 14.2 Å². The van der Waals surface area contributed by atoms with E-state index in [0.717, 1.165) is 30.6 Å². The molecule has 2 aromatic rings. The molecule has 1 aliphatic carbocycles. The van der Waals surface area contributed by atoms with Gasteiger partial charge in [0.1, 0.15) is 18.2 Å². The summed E-state index contributed by atoms with van der Waals surface area (Å²) in [6, 6.07) is 7.73. The van der Waals surface area contributed by atoms with Crippen molar-refractivity contribution in [1.29, 1.82) is 0 Å². The summed E-state index contributed by atoms with van der Waals surface area (Å²) >= 11 is 0. The average Bonchev–Trinajstić information content (AvgIpc) is 3.50. The molecular weight excluding hydrogens is 401 g/mol. The van der Waals surface area contributed by atoms with Crippen molar-refractivity contribution in [2.75, 3.05) is 31.7 Å². The Morgan fingerprint density at radius 2 is 2.00 bits per heavy atom. The van der Waals surface area contributed by atoms with Gasteiger partial charge >= 0.3 is 5.97 Å². The topological polar surface area (TPSA) is 73.8 Å². The Morgan fingerprint density at radius 1 is 1.23 bits per heavy atom. The summed E-state index contributed by atoms with van der Waals surface area (Å²) in [5.41, 5.74) is 1.05. The van der Waals surface area contributed by atoms with Crippen LogP contribution in [0, 0.1) is 11.7 Å². The largest absolute Gasteiger partial charge is 0.489 e. The van der Waals surface area contributed by atoms with Gasteiger partial charge in [-0.25, -0.2) is 4.98 Å². The molecule has 1 unspecified atom stereocenters. The van der Waals surface area contributed by atoms with Crippen molar-refractivity contribution in [3.05, 3.63) is 42.0 Å². The molecule has 1 saturated heterocycles. The van der Waals surface area contributed by atoms with Crippen LogP contribution >= 0.6 is 0 Å². The zero-order chi connectivity index (χ0) is 21.8. The molecule has 0 radical (unpaired) electrons. The third-order valence-corrected chi connectivity index (χ3v) is 5.79. The Balaban J connectivity index is 1.33. The van der Waals surface area contributed by atoms with Crippen molar-refractivity contribution in [1.82, 2.24) is 9.97 Å². The minimum Gasteiger partial charge on any atom is -0.489 e. The number of nitrogens with zero attached hydrogens (tertiary/aromatic N) is 3. The van der Waals surface area contributed by atoms with Gasteiger partial charge in [-0.3, -0.25) is 4.79 Å². The first-order chi connectivity index (χ1) is 15.0. The van der Waals surface area contributed by atoms with E-state index in [1.165, 1.54) is 13.4 Å². The van der Waals surface area contributed by atoms with Crippen LogP contribution in [0.5, 0.6) is 11.6 Å². The lowest BCUT2D eigenvalue weighted by Crippen LogP contribution is -2.26. The van der Waals surface area contributed by atoms with Gasteiger partial charge < -0.3 is 19.1 Å². The zero-order valence-electron chi connectivity index (χ0n) is 17.9. The third kappa shape index (κ3) is 5.42. The van der Waals surface area contributed by atoms with Crippen LogP contribution in [0.15, 0.2) is 30.6 Å². The number of aromatic nitrogens is 2. The number of anilines is 1. The molecule has 1 aliphatic heterocycles. The van der Waals surface area contributed by atoms with E-state index in [0.29, 0.717) is 32.0 Å². The summed E-state index contributed by atoms with van der Waals surface area (Å²) in [6.45, 7) is 3.68. The maximum atomic E-state index is 14.8. The smallest absolute Gasteiger partial charge is 0.306 e. The van der Waals surface area contributed by atoms with Gasteiger partial charge in [0, 0.05) is 13.0 Å². The molecule has 2 fully saturated rings. The van der Waals surface area contributed by atoms with E-state index < -0.39 is 5.82 Å². The van der Waals surface area contributed by atoms with E-state index in [1.54, 1.807) is 0 Å². The van der Waals surface area contributed by atoms with Crippen molar-refractivity contribution in [2.45, 2.75) is 44.6 Å². The first-order valence-electron chi connectivity index (χ1n) is 10.7. The van der Waals surface area contributed by atoms with E-state index >= 15 is 0 Å². The Bertz CT molecular complexity index is 904. The van der Waals surface area contributed by atoms with Crippen LogP contribution in [0.1, 0.15) is 44.1 Å². The molecule has 4 rings (SSSR count). The highest BCUT2D eigenvalue weighted by Crippen LogP contribution is 2.32. The number of carbonyl (C=O) groups excluding carboxylic acids is 1. The number of benzene rings is 1. The van der Waals surface area contributed by atoms with E-state index in [1.807, 2.05) is 36.1 Å². The van der Waals surface area contributed by atoms with Crippen LogP contribution < -0.4 is 14.4 Å². The molecule has 2 aliphatic rings. The van der Waals surface area contributed by atoms with Gasteiger partial charge in [0.2, 0.25) is 5.82 Å². The van der Waals surface area contributed by atoms with Crippen LogP contribution in [0.4, 0.5) is 10.2 Å². The molecule has 0 N–H and O–H groups in total. The molecule has 0 bridgehead atoms. The van der Waals surface area contributed by atoms with Gasteiger partial charge in [0.15, 0.2) is 5.82 Å². The zero-order valence-corrected chi connectivity index (χ0v) is 17.9. The molecule has 0 amide bonds. The maximum absolute atomic E-state index is 14.8. The van der Waals surface area contributed by atoms with Crippen molar-refractivity contribution in [2.24, 2.45) is 5.92 Å². The second-order valence-electron chi connectivity index (χ2n) is 8.30. The predicted octanol–water partition coefficient (Wildman–Crippen LogP) is 3.73. The van der Waals surface area contributed by atoms with Crippen molar-refractivity contribution < 1.29 is 23.4 Å². The number of hydrogen-bond acceptors (Lipinski definition) is 7. The van der Waals surface area contributed by atoms with Gasteiger partial charge in [0.25, 0.3) is 5.88 Å². The lowest BCUT2D eigenvalue weighted by atomic mass is 9.98. The number of halogens is 1. The summed E-state index contributed by atoms with van der Waals surface area (Å²) < 4.78 is 31.2. The molecular formula is C23H28FN3O4. The van der Waals surface area contributed by atoms with E-state index in [9.17, 15) is 9.18 Å². The second-order valence-corrected chi connectivity index (χ2v) is 8.30. The Morgan fingerprint density at radius 3 is 2.71 bits per heavy atom. The summed E-state index contributed by atoms with van der Waals surface area (Å²) in [7, 11) is 1.40. The number of esters is 1. The molecule has 7 nitrogen and oxygen atoms in total. The highest BCUT2D eigenvalue weighted by atomic mass is 19.1. The van der Waals surface area contributed by atoms with E-state index in [2.05, 4.69) is 9.97 Å². The third-order valence-electron chi connectivity index (χ3n) is 5.79. The van der Waals surface area contributed by atoms with Crippen LogP contribution in [0.25, 0.3) is 0 Å². The van der Waals surface area contributed by atoms with Crippen molar-refractivity contribution >= 4 is 11.8 Å². The van der Waals surface area contributed by atoms with Gasteiger partial charge in [-0.1, -0.05) is 19.1 Å². The van der Waals surface area contributed by atoms with Gasteiger partial charge in [-0.05, 0) is 42.4 Å². The number of ether oxygens (including phenoxy) is 3. The molecule has 1 aromatic heterocycles. The fraction of sp³-hybridized carbons (Fsp3) is 0.522. The minimum absolute atomic E-state index is 0.0259. The first-order valence-corrected chi connectivity index (χ1v) is 10.7. The monoisotopic (exact) mass is 429 g/mol. The summed E-state index contributed by atoms with van der Waals surface area (Å²) in [5, 5.41) is 0. The van der Waals surface area contributed by atoms with E-state index in [-0.39, 0.29) is 29.7 Å². The van der Waals surface area contributed by atoms with Crippen LogP contribution in [-0.4, -0.2) is 48.8 Å². The fourth-order valence-corrected chi connectivity index (χ4v) is 3.68. The highest BCUT2D eigenvalue weighted by molar-refractivity contribution is 5.70.